The van der Waals surface area contributed by atoms with Crippen LogP contribution in [0.4, 0.5) is 15.7 Å². The number of amides is 5. The van der Waals surface area contributed by atoms with Gasteiger partial charge in [-0.05, 0) is 140 Å². The minimum absolute atomic E-state index is 0.0379. The van der Waals surface area contributed by atoms with Crippen molar-refractivity contribution in [3.63, 3.8) is 0 Å². The number of imide groups is 1. The van der Waals surface area contributed by atoms with Gasteiger partial charge in [0.05, 0.1) is 46.4 Å². The maximum atomic E-state index is 14.2. The van der Waals surface area contributed by atoms with Gasteiger partial charge in [-0.2, -0.15) is 13.5 Å². The van der Waals surface area contributed by atoms with Crippen molar-refractivity contribution in [1.82, 2.24) is 34.9 Å². The van der Waals surface area contributed by atoms with Gasteiger partial charge in [-0.1, -0.05) is 61.6 Å². The number of aliphatic hydroxyl groups excluding tert-OH is 3. The fourth-order valence-corrected chi connectivity index (χ4v) is 18.2. The molecule has 3 aromatic carbocycles. The number of fused-ring (bicyclic) bond motifs is 2. The fraction of sp³-hybridized carbons (Fsp3) is 0.486. The highest BCUT2D eigenvalue weighted by molar-refractivity contribution is 7.85. The Kier molecular flexibility index (Phi) is 19.9. The Bertz CT molecular complexity index is 4240. The summed E-state index contributed by atoms with van der Waals surface area (Å²) in [6.45, 7) is 6.91. The van der Waals surface area contributed by atoms with Crippen molar-refractivity contribution in [3.8, 4) is 16.9 Å². The van der Waals surface area contributed by atoms with E-state index in [1.807, 2.05) is 59.0 Å². The minimum Gasteiger partial charge on any atom is -0.487 e. The highest BCUT2D eigenvalue weighted by Crippen LogP contribution is 2.72. The van der Waals surface area contributed by atoms with Crippen molar-refractivity contribution in [1.29, 1.82) is 0 Å². The third-order valence-corrected chi connectivity index (χ3v) is 22.0. The molecule has 6 aromatic rings. The monoisotopic (exact) mass is 1400 g/mol. The largest absolute Gasteiger partial charge is 0.487 e. The Balaban J connectivity index is 0.706. The number of aryl methyl sites for hydroxylation is 1. The van der Waals surface area contributed by atoms with E-state index in [2.05, 4.69) is 29.5 Å². The molecule has 526 valence electrons. The maximum absolute atomic E-state index is 14.2. The van der Waals surface area contributed by atoms with Crippen LogP contribution in [0, 0.1) is 29.1 Å². The Morgan fingerprint density at radius 3 is 2.32 bits per heavy atom. The van der Waals surface area contributed by atoms with Crippen molar-refractivity contribution in [2.45, 2.75) is 148 Å². The Morgan fingerprint density at radius 2 is 1.60 bits per heavy atom. The Labute approximate surface area is 574 Å². The smallest absolute Gasteiger partial charge is 0.410 e. The molecule has 5 heterocycles. The second-order valence-electron chi connectivity index (χ2n) is 28.2. The zero-order valence-corrected chi connectivity index (χ0v) is 56.8. The number of ether oxygens (including phenoxy) is 3. The van der Waals surface area contributed by atoms with Crippen LogP contribution in [0.5, 0.6) is 5.75 Å². The molecular formula is C70H81N9O18S2. The number of carbonyl (C=O) groups excluding carboxylic acids is 5. The fourth-order valence-electron chi connectivity index (χ4n) is 16.9. The zero-order chi connectivity index (χ0) is 70.3. The molecule has 7 atom stereocenters. The number of aromatic carboxylic acids is 1. The van der Waals surface area contributed by atoms with Crippen LogP contribution in [0.15, 0.2) is 91.1 Å². The number of benzene rings is 3. The number of thiazole rings is 1. The molecule has 99 heavy (non-hydrogen) atoms. The number of carboxylic acids is 2. The van der Waals surface area contributed by atoms with Crippen molar-refractivity contribution in [2.24, 2.45) is 22.2 Å². The molecule has 0 saturated heterocycles. The Morgan fingerprint density at radius 1 is 0.838 bits per heavy atom. The van der Waals surface area contributed by atoms with Crippen LogP contribution in [0.2, 0.25) is 0 Å². The Hall–Kier alpha value is -8.71. The van der Waals surface area contributed by atoms with E-state index in [1.54, 1.807) is 36.5 Å². The number of carboxylic acid groups (broad SMARTS) is 2. The first-order valence-electron chi connectivity index (χ1n) is 33.2. The van der Waals surface area contributed by atoms with Gasteiger partial charge in [-0.3, -0.25) is 43.4 Å². The van der Waals surface area contributed by atoms with Crippen LogP contribution in [0.25, 0.3) is 21.3 Å². The van der Waals surface area contributed by atoms with Gasteiger partial charge in [0.15, 0.2) is 10.8 Å². The number of hydrogen-bond acceptors (Lipinski definition) is 20. The van der Waals surface area contributed by atoms with Gasteiger partial charge in [-0.15, -0.1) is 0 Å². The van der Waals surface area contributed by atoms with Crippen molar-refractivity contribution >= 4 is 84.3 Å². The lowest BCUT2D eigenvalue weighted by molar-refractivity contribution is -0.248. The van der Waals surface area contributed by atoms with Crippen LogP contribution < -0.4 is 20.3 Å². The van der Waals surface area contributed by atoms with E-state index in [-0.39, 0.29) is 77.7 Å². The van der Waals surface area contributed by atoms with E-state index in [0.29, 0.717) is 84.9 Å². The van der Waals surface area contributed by atoms with E-state index < -0.39 is 101 Å². The van der Waals surface area contributed by atoms with E-state index in [0.717, 1.165) is 81.1 Å². The molecule has 8 N–H and O–H groups in total. The van der Waals surface area contributed by atoms with Crippen LogP contribution in [0.1, 0.15) is 127 Å². The van der Waals surface area contributed by atoms with Gasteiger partial charge in [0.1, 0.15) is 36.5 Å². The summed E-state index contributed by atoms with van der Waals surface area (Å²) < 4.78 is 56.3. The van der Waals surface area contributed by atoms with Crippen molar-refractivity contribution < 1.29 is 86.3 Å². The van der Waals surface area contributed by atoms with Gasteiger partial charge in [0.2, 0.25) is 5.91 Å². The average Bonchev–Trinajstić information content (AvgIpc) is 0.901. The molecule has 0 spiro atoms. The predicted octanol–water partition coefficient (Wildman–Crippen LogP) is 6.73. The molecule has 5 amide bonds. The second-order valence-corrected chi connectivity index (χ2v) is 30.8. The average molecular weight is 1400 g/mol. The molecule has 3 aromatic heterocycles. The maximum Gasteiger partial charge on any atom is 0.410 e. The van der Waals surface area contributed by atoms with Gasteiger partial charge >= 0.3 is 18.0 Å². The van der Waals surface area contributed by atoms with Crippen LogP contribution in [-0.4, -0.2) is 185 Å². The first kappa shape index (κ1) is 70.2. The number of unbranched alkanes of at least 4 members (excludes halogenated alkanes) is 1. The quantitative estimate of drug-likeness (QED) is 0.0150. The molecule has 13 rings (SSSR count). The van der Waals surface area contributed by atoms with Gasteiger partial charge in [0, 0.05) is 98.8 Å². The summed E-state index contributed by atoms with van der Waals surface area (Å²) in [4.78, 5) is 103. The summed E-state index contributed by atoms with van der Waals surface area (Å²) in [6.07, 6.45) is 2.63. The summed E-state index contributed by atoms with van der Waals surface area (Å²) >= 11 is 1.39. The topological polar surface area (TPSA) is 380 Å². The van der Waals surface area contributed by atoms with Gasteiger partial charge < -0.3 is 54.9 Å². The SMILES string of the molecule is Cc1c(-c2ccc(N3CCc4cccc(C(=O)Nc5nc6ccccc6s5)c4C3)nc2C(=O)O)cnn1CC12CC3(C)CC(C)(C1)CC(OCCN(CCS(=O)(=O)O)C(=O)OCc1ccc(CCCCNC(=O)CCN4C(=O)C=CC4=O)cc1O[C@@H]1C[C@H](C(=O)O)[C@@H](O)[C@H](O)[C@H]1O)(C3)C2. The molecule has 29 heteroatoms. The first-order chi connectivity index (χ1) is 47.1. The molecule has 4 bridgehead atoms. The highest BCUT2D eigenvalue weighted by Gasteiger charge is 2.66. The molecule has 0 radical (unpaired) electrons. The van der Waals surface area contributed by atoms with Crippen LogP contribution in [0.3, 0.4) is 0 Å². The number of rotatable bonds is 27. The number of carbonyl (C=O) groups is 7. The van der Waals surface area contributed by atoms with Crippen molar-refractivity contribution in [3.05, 3.63) is 130 Å². The standard InChI is InChI=1S/C70H81N9O18S2/c1-41-48(45-16-17-54(74-58(45)64(89)90)77-23-20-43-10-8-11-46(49(43)32-77)62(86)75-65-73-50-12-4-5-13-53(50)98-65)31-72-79(41)40-69-35-67(2)34-68(3,36-69)38-70(37-67,39-69)96-27-25-76(26-28-99(92,93)94)66(91)95-33-44-15-14-42(9-6-7-22-71-55(80)21-24-78-56(81)18-19-57(78)82)29-51(44)97-52-30-47(63(87)88)59(83)61(85)60(52)84/h4-5,8,10-19,29,31,47,52,59-61,83-85H,6-7,9,20-28,30,32-40H2,1-3H3,(H,71,80)(H,87,88)(H,89,90)(H,73,75,86)(H,92,93,94)/t47-,52+,59+,60-,61-,67?,68?,69?,70?/m0/s1. The number of para-hydroxylation sites is 1. The number of hydrogen-bond donors (Lipinski definition) is 8. The number of pyridine rings is 1. The third-order valence-electron chi connectivity index (χ3n) is 20.4. The molecule has 5 fully saturated rings. The summed E-state index contributed by atoms with van der Waals surface area (Å²) in [7, 11) is -4.59. The van der Waals surface area contributed by atoms with Gasteiger partial charge in [0.25, 0.3) is 27.8 Å². The number of aliphatic hydroxyl groups is 3. The number of nitrogens with zero attached hydrogens (tertiary/aromatic N) is 7. The summed E-state index contributed by atoms with van der Waals surface area (Å²) in [5.74, 6) is -6.06. The van der Waals surface area contributed by atoms with Crippen LogP contribution >= 0.6 is 11.3 Å². The molecule has 5 aliphatic carbocycles. The predicted molar refractivity (Wildman–Crippen MR) is 360 cm³/mol. The second kappa shape index (κ2) is 28.1. The molecule has 7 aliphatic rings. The molecule has 2 unspecified atom stereocenters. The molecular weight excluding hydrogens is 1320 g/mol. The first-order valence-corrected chi connectivity index (χ1v) is 35.7. The lowest BCUT2D eigenvalue weighted by atomic mass is 9.39. The molecule has 5 saturated carbocycles. The van der Waals surface area contributed by atoms with E-state index in [4.69, 9.17) is 24.3 Å². The lowest BCUT2D eigenvalue weighted by Gasteiger charge is -2.69. The number of aliphatic carboxylic acids is 1. The number of nitrogens with one attached hydrogen (secondary N) is 2. The van der Waals surface area contributed by atoms with Crippen molar-refractivity contribution in [2.75, 3.05) is 55.3 Å². The van der Waals surface area contributed by atoms with Gasteiger partial charge in [-0.25, -0.2) is 19.6 Å². The van der Waals surface area contributed by atoms with E-state index >= 15 is 0 Å². The minimum atomic E-state index is -4.59. The lowest BCUT2D eigenvalue weighted by Crippen LogP contribution is -2.64. The number of anilines is 2. The summed E-state index contributed by atoms with van der Waals surface area (Å²) in [6, 6.07) is 21.8. The molecule has 2 aliphatic heterocycles. The van der Waals surface area contributed by atoms with E-state index in [1.165, 1.54) is 11.3 Å². The van der Waals surface area contributed by atoms with Crippen LogP contribution in [-0.2, 0) is 71.3 Å². The summed E-state index contributed by atoms with van der Waals surface area (Å²) in [5, 5.41) is 64.1. The highest BCUT2D eigenvalue weighted by atomic mass is 32.2. The van der Waals surface area contributed by atoms with E-state index in [9.17, 15) is 72.1 Å². The summed E-state index contributed by atoms with van der Waals surface area (Å²) in [5.41, 5.74) is 4.39. The third kappa shape index (κ3) is 15.5. The number of aromatic nitrogens is 4. The normalized spacial score (nSPS) is 25.4. The zero-order valence-electron chi connectivity index (χ0n) is 55.1. The molecule has 27 nitrogen and oxygen atoms in total.